The molecule has 25 heavy (non-hydrogen) atoms. The maximum Gasteiger partial charge on any atom is 0.257 e. The van der Waals surface area contributed by atoms with E-state index in [-0.39, 0.29) is 17.5 Å². The van der Waals surface area contributed by atoms with Crippen molar-refractivity contribution in [2.45, 2.75) is 31.7 Å². The first-order chi connectivity index (χ1) is 12.2. The van der Waals surface area contributed by atoms with Crippen LogP contribution < -0.4 is 0 Å². The lowest BCUT2D eigenvalue weighted by atomic mass is 10.1. The van der Waals surface area contributed by atoms with Crippen molar-refractivity contribution < 1.29 is 13.7 Å². The van der Waals surface area contributed by atoms with Crippen LogP contribution in [0.4, 0.5) is 4.39 Å². The van der Waals surface area contributed by atoms with Crippen LogP contribution in [0.5, 0.6) is 0 Å². The van der Waals surface area contributed by atoms with Crippen LogP contribution in [0.2, 0.25) is 0 Å². The maximum absolute atomic E-state index is 14.5. The number of benzene rings is 1. The fourth-order valence-electron chi connectivity index (χ4n) is 3.25. The average molecular weight is 341 g/mol. The van der Waals surface area contributed by atoms with Gasteiger partial charge in [-0.05, 0) is 18.9 Å². The zero-order valence-corrected chi connectivity index (χ0v) is 13.4. The summed E-state index contributed by atoms with van der Waals surface area (Å²) in [6, 6.07) is 2.39. The van der Waals surface area contributed by atoms with Crippen LogP contribution in [0.25, 0.3) is 11.0 Å². The van der Waals surface area contributed by atoms with E-state index in [1.54, 1.807) is 4.90 Å². The van der Waals surface area contributed by atoms with Crippen LogP contribution in [-0.4, -0.2) is 37.5 Å². The number of hydrogen-bond acceptors (Lipinski definition) is 6. The molecule has 0 aliphatic carbocycles. The van der Waals surface area contributed by atoms with Gasteiger partial charge in [0.15, 0.2) is 5.82 Å². The summed E-state index contributed by atoms with van der Waals surface area (Å²) < 4.78 is 19.4. The molecule has 3 heterocycles. The zero-order valence-electron chi connectivity index (χ0n) is 13.4. The summed E-state index contributed by atoms with van der Waals surface area (Å²) in [6.07, 6.45) is 7.79. The first-order valence-corrected chi connectivity index (χ1v) is 8.21. The number of likely N-dealkylation sites (tertiary alicyclic amines) is 1. The molecule has 1 aromatic carbocycles. The Balaban J connectivity index is 1.74. The van der Waals surface area contributed by atoms with Crippen LogP contribution in [-0.2, 0) is 0 Å². The predicted octanol–water partition coefficient (Wildman–Crippen LogP) is 2.91. The lowest BCUT2D eigenvalue weighted by Crippen LogP contribution is -2.35. The molecule has 4 rings (SSSR count). The normalized spacial score (nSPS) is 18.3. The van der Waals surface area contributed by atoms with Crippen molar-refractivity contribution in [1.29, 1.82) is 0 Å². The molecule has 0 spiro atoms. The summed E-state index contributed by atoms with van der Waals surface area (Å²) in [5, 5.41) is 3.88. The van der Waals surface area contributed by atoms with Gasteiger partial charge in [0.05, 0.1) is 22.6 Å². The Morgan fingerprint density at radius 1 is 1.12 bits per heavy atom. The second-order valence-electron chi connectivity index (χ2n) is 6.03. The summed E-state index contributed by atoms with van der Waals surface area (Å²) in [5.41, 5.74) is 0.892. The van der Waals surface area contributed by atoms with Gasteiger partial charge in [-0.2, -0.15) is 4.98 Å². The van der Waals surface area contributed by atoms with E-state index in [1.807, 2.05) is 0 Å². The van der Waals surface area contributed by atoms with Crippen LogP contribution in [0.3, 0.4) is 0 Å². The fourth-order valence-corrected chi connectivity index (χ4v) is 3.25. The number of nitrogens with zero attached hydrogens (tertiary/aromatic N) is 5. The number of carbonyl (C=O) groups excluding carboxylic acids is 1. The Kier molecular flexibility index (Phi) is 4.09. The quantitative estimate of drug-likeness (QED) is 0.712. The average Bonchev–Trinajstić information content (AvgIpc) is 3.05. The summed E-state index contributed by atoms with van der Waals surface area (Å²) >= 11 is 0. The second kappa shape index (κ2) is 6.54. The highest BCUT2D eigenvalue weighted by atomic mass is 19.1. The molecule has 1 amide bonds. The fraction of sp³-hybridized carbons (Fsp3) is 0.353. The van der Waals surface area contributed by atoms with E-state index in [9.17, 15) is 9.18 Å². The topological polar surface area (TPSA) is 85.0 Å². The number of hydrogen-bond donors (Lipinski definition) is 0. The summed E-state index contributed by atoms with van der Waals surface area (Å²) in [7, 11) is 0. The van der Waals surface area contributed by atoms with E-state index in [0.717, 1.165) is 25.7 Å². The van der Waals surface area contributed by atoms with Crippen molar-refractivity contribution in [2.75, 3.05) is 6.54 Å². The lowest BCUT2D eigenvalue weighted by Gasteiger charge is -2.28. The predicted molar refractivity (Wildman–Crippen MR) is 86.0 cm³/mol. The van der Waals surface area contributed by atoms with Gasteiger partial charge < -0.3 is 9.42 Å². The molecule has 8 heteroatoms. The molecule has 0 N–H and O–H groups in total. The molecule has 0 saturated carbocycles. The monoisotopic (exact) mass is 341 g/mol. The van der Waals surface area contributed by atoms with E-state index in [1.165, 1.54) is 30.9 Å². The smallest absolute Gasteiger partial charge is 0.257 e. The molecule has 0 bridgehead atoms. The summed E-state index contributed by atoms with van der Waals surface area (Å²) in [4.78, 5) is 27.0. The van der Waals surface area contributed by atoms with Crippen LogP contribution >= 0.6 is 0 Å². The van der Waals surface area contributed by atoms with Crippen molar-refractivity contribution >= 4 is 16.9 Å². The Morgan fingerprint density at radius 3 is 2.68 bits per heavy atom. The summed E-state index contributed by atoms with van der Waals surface area (Å²) in [5.74, 6) is -0.535. The Labute approximate surface area is 142 Å². The Morgan fingerprint density at radius 2 is 1.92 bits per heavy atom. The maximum atomic E-state index is 14.5. The Hall–Kier alpha value is -2.90. The highest BCUT2D eigenvalue weighted by Gasteiger charge is 2.31. The molecule has 1 aliphatic rings. The van der Waals surface area contributed by atoms with Crippen molar-refractivity contribution in [3.8, 4) is 0 Å². The third kappa shape index (κ3) is 2.95. The van der Waals surface area contributed by atoms with Gasteiger partial charge in [0.1, 0.15) is 5.82 Å². The number of amides is 1. The second-order valence-corrected chi connectivity index (χ2v) is 6.03. The van der Waals surface area contributed by atoms with Gasteiger partial charge in [-0.3, -0.25) is 14.8 Å². The van der Waals surface area contributed by atoms with Gasteiger partial charge in [0.2, 0.25) is 6.39 Å². The summed E-state index contributed by atoms with van der Waals surface area (Å²) in [6.45, 7) is 0.524. The third-order valence-electron chi connectivity index (χ3n) is 4.48. The molecule has 1 saturated heterocycles. The third-order valence-corrected chi connectivity index (χ3v) is 4.48. The van der Waals surface area contributed by atoms with Crippen LogP contribution in [0, 0.1) is 5.82 Å². The number of rotatable bonds is 2. The van der Waals surface area contributed by atoms with E-state index in [4.69, 9.17) is 4.52 Å². The molecule has 7 nitrogen and oxygen atoms in total. The SMILES string of the molecule is O=C(c1cc2nccnc2cc1F)N1CCCCCC1c1ncon1. The minimum Gasteiger partial charge on any atom is -0.343 e. The van der Waals surface area contributed by atoms with E-state index in [2.05, 4.69) is 20.1 Å². The van der Waals surface area contributed by atoms with Gasteiger partial charge in [0, 0.05) is 25.0 Å². The molecule has 1 fully saturated rings. The van der Waals surface area contributed by atoms with Crippen molar-refractivity contribution in [3.05, 3.63) is 48.1 Å². The van der Waals surface area contributed by atoms with Gasteiger partial charge in [-0.15, -0.1) is 0 Å². The number of halogens is 1. The number of fused-ring (bicyclic) bond motifs is 1. The molecule has 1 unspecified atom stereocenters. The molecule has 1 aliphatic heterocycles. The minimum atomic E-state index is -0.603. The molecule has 3 aromatic rings. The van der Waals surface area contributed by atoms with E-state index in [0.29, 0.717) is 23.4 Å². The lowest BCUT2D eigenvalue weighted by molar-refractivity contribution is 0.0665. The molecular weight excluding hydrogens is 325 g/mol. The molecule has 0 radical (unpaired) electrons. The highest BCUT2D eigenvalue weighted by molar-refractivity contribution is 5.97. The van der Waals surface area contributed by atoms with Crippen molar-refractivity contribution in [3.63, 3.8) is 0 Å². The van der Waals surface area contributed by atoms with Gasteiger partial charge in [-0.1, -0.05) is 18.0 Å². The van der Waals surface area contributed by atoms with Gasteiger partial charge in [0.25, 0.3) is 5.91 Å². The largest absolute Gasteiger partial charge is 0.343 e. The Bertz CT molecular complexity index is 899. The number of carbonyl (C=O) groups is 1. The van der Waals surface area contributed by atoms with Crippen molar-refractivity contribution in [1.82, 2.24) is 25.0 Å². The molecule has 2 aromatic heterocycles. The minimum absolute atomic E-state index is 0.0107. The molecule has 128 valence electrons. The van der Waals surface area contributed by atoms with Gasteiger partial charge >= 0.3 is 0 Å². The van der Waals surface area contributed by atoms with E-state index >= 15 is 0 Å². The highest BCUT2D eigenvalue weighted by Crippen LogP contribution is 2.30. The molecule has 1 atom stereocenters. The van der Waals surface area contributed by atoms with Crippen LogP contribution in [0.1, 0.15) is 47.9 Å². The number of aromatic nitrogens is 4. The van der Waals surface area contributed by atoms with Crippen molar-refractivity contribution in [2.24, 2.45) is 0 Å². The molecular formula is C17H16FN5O2. The van der Waals surface area contributed by atoms with Crippen LogP contribution in [0.15, 0.2) is 35.4 Å². The van der Waals surface area contributed by atoms with E-state index < -0.39 is 5.82 Å². The van der Waals surface area contributed by atoms with Gasteiger partial charge in [-0.25, -0.2) is 4.39 Å². The first-order valence-electron chi connectivity index (χ1n) is 8.21. The first kappa shape index (κ1) is 15.6. The zero-order chi connectivity index (χ0) is 17.2. The standard InChI is InChI=1S/C17H16FN5O2/c18-12-9-14-13(19-5-6-20-14)8-11(12)17(24)23-7-3-1-2-4-15(23)16-21-10-25-22-16/h5-6,8-10,15H,1-4,7H2.